The number of nitrogens with zero attached hydrogens (tertiary/aromatic N) is 2. The molecule has 5 nitrogen and oxygen atoms in total. The van der Waals surface area contributed by atoms with Gasteiger partial charge in [-0.15, -0.1) is 5.92 Å². The third kappa shape index (κ3) is 7.21. The summed E-state index contributed by atoms with van der Waals surface area (Å²) in [5.74, 6) is 6.71. The minimum absolute atomic E-state index is 0.131. The molecule has 1 aromatic carbocycles. The lowest BCUT2D eigenvalue weighted by Gasteiger charge is -2.32. The Labute approximate surface area is 183 Å². The molecule has 0 saturated heterocycles. The van der Waals surface area contributed by atoms with Crippen molar-refractivity contribution in [3.05, 3.63) is 29.8 Å². The number of hydrogen-bond donors (Lipinski definition) is 1. The van der Waals surface area contributed by atoms with E-state index in [9.17, 15) is 21.6 Å². The summed E-state index contributed by atoms with van der Waals surface area (Å²) in [6.45, 7) is 4.50. The van der Waals surface area contributed by atoms with Gasteiger partial charge in [-0.25, -0.2) is 8.42 Å². The summed E-state index contributed by atoms with van der Waals surface area (Å²) in [6.07, 6.45) is -0.850. The predicted molar refractivity (Wildman–Crippen MR) is 114 cm³/mol. The van der Waals surface area contributed by atoms with Crippen molar-refractivity contribution in [2.24, 2.45) is 5.92 Å². The molecule has 0 bridgehead atoms. The van der Waals surface area contributed by atoms with E-state index in [0.717, 1.165) is 56.6 Å². The normalized spacial score (nSPS) is 20.0. The average Bonchev–Trinajstić information content (AvgIpc) is 2.75. The Balaban J connectivity index is 1.90. The number of likely N-dealkylation sites (N-methyl/N-ethyl adjacent to an activating group) is 1. The van der Waals surface area contributed by atoms with Crippen molar-refractivity contribution in [2.75, 3.05) is 33.3 Å². The van der Waals surface area contributed by atoms with Crippen molar-refractivity contribution in [2.45, 2.75) is 56.1 Å². The molecule has 0 amide bonds. The van der Waals surface area contributed by atoms with Gasteiger partial charge in [-0.1, -0.05) is 12.8 Å². The Hall–Kier alpha value is -1.60. The van der Waals surface area contributed by atoms with Gasteiger partial charge in [-0.05, 0) is 56.5 Å². The second-order valence-corrected chi connectivity index (χ2v) is 9.78. The van der Waals surface area contributed by atoms with E-state index in [1.165, 1.54) is 11.4 Å². The number of halogens is 3. The van der Waals surface area contributed by atoms with Gasteiger partial charge < -0.3 is 10.0 Å². The van der Waals surface area contributed by atoms with Crippen molar-refractivity contribution >= 4 is 10.0 Å². The summed E-state index contributed by atoms with van der Waals surface area (Å²) in [5.41, 5.74) is -0.869. The van der Waals surface area contributed by atoms with Gasteiger partial charge in [0.2, 0.25) is 10.0 Å². The van der Waals surface area contributed by atoms with Crippen LogP contribution >= 0.6 is 0 Å². The first-order chi connectivity index (χ1) is 14.6. The lowest BCUT2D eigenvalue weighted by Crippen LogP contribution is -2.39. The lowest BCUT2D eigenvalue weighted by molar-refractivity contribution is -0.137. The molecule has 9 heteroatoms. The number of aliphatic hydroxyl groups excluding tert-OH is 1. The maximum atomic E-state index is 12.8. The molecule has 1 aromatic rings. The molecule has 0 heterocycles. The van der Waals surface area contributed by atoms with Crippen LogP contribution in [0.1, 0.15) is 44.6 Å². The summed E-state index contributed by atoms with van der Waals surface area (Å²) >= 11 is 0. The van der Waals surface area contributed by atoms with Crippen molar-refractivity contribution in [3.63, 3.8) is 0 Å². The molecule has 1 aliphatic carbocycles. The molecule has 0 atom stereocenters. The van der Waals surface area contributed by atoms with Crippen LogP contribution in [0.5, 0.6) is 0 Å². The highest BCUT2D eigenvalue weighted by atomic mass is 32.2. The number of aliphatic hydroxyl groups is 1. The molecular weight excluding hydrogens is 429 g/mol. The van der Waals surface area contributed by atoms with E-state index < -0.39 is 21.8 Å². The van der Waals surface area contributed by atoms with Gasteiger partial charge in [0, 0.05) is 38.5 Å². The van der Waals surface area contributed by atoms with Crippen molar-refractivity contribution in [1.29, 1.82) is 0 Å². The number of rotatable bonds is 8. The standard InChI is InChI=1S/C22H31F3N2O3S/c1-3-27(16-17-28)15-5-4-6-18-7-11-20(12-8-18)26(2)31(29,30)21-13-9-19(10-14-21)22(23,24)25/h9-10,13-14,18,20,28H,3,5,7-8,11-12,15-17H2,1-2H3. The smallest absolute Gasteiger partial charge is 0.395 e. The first kappa shape index (κ1) is 25.7. The highest BCUT2D eigenvalue weighted by Crippen LogP contribution is 2.32. The van der Waals surface area contributed by atoms with Crippen LogP contribution in [0.4, 0.5) is 13.2 Å². The summed E-state index contributed by atoms with van der Waals surface area (Å²) in [6, 6.07) is 3.44. The topological polar surface area (TPSA) is 60.9 Å². The van der Waals surface area contributed by atoms with Gasteiger partial charge in [-0.2, -0.15) is 17.5 Å². The van der Waals surface area contributed by atoms with Gasteiger partial charge in [0.1, 0.15) is 0 Å². The minimum Gasteiger partial charge on any atom is -0.395 e. The first-order valence-electron chi connectivity index (χ1n) is 10.6. The van der Waals surface area contributed by atoms with Gasteiger partial charge >= 0.3 is 6.18 Å². The molecule has 0 unspecified atom stereocenters. The molecule has 31 heavy (non-hydrogen) atoms. The fraction of sp³-hybridized carbons (Fsp3) is 0.636. The van der Waals surface area contributed by atoms with E-state index in [0.29, 0.717) is 19.4 Å². The van der Waals surface area contributed by atoms with Gasteiger partial charge in [0.25, 0.3) is 0 Å². The molecule has 0 aromatic heterocycles. The zero-order valence-corrected chi connectivity index (χ0v) is 18.8. The van der Waals surface area contributed by atoms with Crippen LogP contribution in [0.3, 0.4) is 0 Å². The van der Waals surface area contributed by atoms with Crippen molar-refractivity contribution in [3.8, 4) is 11.8 Å². The van der Waals surface area contributed by atoms with E-state index in [1.54, 1.807) is 0 Å². The maximum absolute atomic E-state index is 12.8. The number of sulfonamides is 1. The Morgan fingerprint density at radius 3 is 2.23 bits per heavy atom. The fourth-order valence-electron chi connectivity index (χ4n) is 3.76. The third-order valence-corrected chi connectivity index (χ3v) is 7.72. The van der Waals surface area contributed by atoms with Crippen LogP contribution in [0, 0.1) is 17.8 Å². The second kappa shape index (κ2) is 11.3. The van der Waals surface area contributed by atoms with Gasteiger partial charge in [-0.3, -0.25) is 0 Å². The SMILES string of the molecule is CCN(CCO)CCC#CC1CCC(N(C)S(=O)(=O)c2ccc(C(F)(F)F)cc2)CC1. The number of benzene rings is 1. The lowest BCUT2D eigenvalue weighted by atomic mass is 9.86. The predicted octanol–water partition coefficient (Wildman–Crippen LogP) is 3.59. The summed E-state index contributed by atoms with van der Waals surface area (Å²) in [4.78, 5) is 2.00. The first-order valence-corrected chi connectivity index (χ1v) is 12.0. The van der Waals surface area contributed by atoms with Gasteiger partial charge in [0.15, 0.2) is 0 Å². The molecule has 2 rings (SSSR count). The van der Waals surface area contributed by atoms with Crippen LogP contribution in [0.2, 0.25) is 0 Å². The fourth-order valence-corrected chi connectivity index (χ4v) is 5.18. The molecule has 0 radical (unpaired) electrons. The van der Waals surface area contributed by atoms with Crippen LogP contribution in [0.15, 0.2) is 29.2 Å². The molecule has 1 aliphatic rings. The largest absolute Gasteiger partial charge is 0.416 e. The van der Waals surface area contributed by atoms with E-state index in [4.69, 9.17) is 5.11 Å². The Bertz CT molecular complexity index is 853. The quantitative estimate of drug-likeness (QED) is 0.603. The molecule has 1 fully saturated rings. The minimum atomic E-state index is -4.50. The molecule has 1 N–H and O–H groups in total. The van der Waals surface area contributed by atoms with Crippen LogP contribution in [-0.2, 0) is 16.2 Å². The van der Waals surface area contributed by atoms with Crippen LogP contribution in [-0.4, -0.2) is 62.1 Å². The van der Waals surface area contributed by atoms with E-state index in [2.05, 4.69) is 16.7 Å². The van der Waals surface area contributed by atoms with Crippen molar-refractivity contribution in [1.82, 2.24) is 9.21 Å². The molecule has 1 saturated carbocycles. The molecular formula is C22H31F3N2O3S. The third-order valence-electron chi connectivity index (χ3n) is 5.79. The molecule has 174 valence electrons. The Morgan fingerprint density at radius 2 is 1.71 bits per heavy atom. The van der Waals surface area contributed by atoms with Gasteiger partial charge in [0.05, 0.1) is 17.1 Å². The molecule has 0 aliphatic heterocycles. The van der Waals surface area contributed by atoms with E-state index in [-0.39, 0.29) is 23.5 Å². The zero-order valence-electron chi connectivity index (χ0n) is 18.0. The monoisotopic (exact) mass is 460 g/mol. The van der Waals surface area contributed by atoms with E-state index in [1.807, 2.05) is 6.92 Å². The van der Waals surface area contributed by atoms with Crippen LogP contribution in [0.25, 0.3) is 0 Å². The molecule has 0 spiro atoms. The summed E-state index contributed by atoms with van der Waals surface area (Å²) in [5, 5.41) is 9.00. The highest BCUT2D eigenvalue weighted by molar-refractivity contribution is 7.89. The highest BCUT2D eigenvalue weighted by Gasteiger charge is 2.33. The maximum Gasteiger partial charge on any atom is 0.416 e. The second-order valence-electron chi connectivity index (χ2n) is 7.78. The number of alkyl halides is 3. The Kier molecular flexibility index (Phi) is 9.37. The average molecular weight is 461 g/mol. The number of hydrogen-bond acceptors (Lipinski definition) is 4. The summed E-state index contributed by atoms with van der Waals surface area (Å²) < 4.78 is 65.1. The summed E-state index contributed by atoms with van der Waals surface area (Å²) in [7, 11) is -2.36. The van der Waals surface area contributed by atoms with Crippen LogP contribution < -0.4 is 0 Å². The zero-order chi connectivity index (χ0) is 23.1. The van der Waals surface area contributed by atoms with E-state index >= 15 is 0 Å². The van der Waals surface area contributed by atoms with Crippen molar-refractivity contribution < 1.29 is 26.7 Å². The Morgan fingerprint density at radius 1 is 1.10 bits per heavy atom.